The largest absolute Gasteiger partial charge is 0.355 e. The maximum Gasteiger partial charge on any atom is 0.0658 e. The van der Waals surface area contributed by atoms with Crippen LogP contribution in [-0.2, 0) is 0 Å². The fraction of sp³-hybridized carbons (Fsp3) is 0. The van der Waals surface area contributed by atoms with E-state index >= 15 is 0 Å². The average Bonchev–Trinajstić information content (AvgIpc) is 3.65. The Morgan fingerprint density at radius 3 is 1.44 bits per heavy atom. The summed E-state index contributed by atoms with van der Waals surface area (Å²) in [5.74, 6) is 0. The van der Waals surface area contributed by atoms with Crippen molar-refractivity contribution in [3.05, 3.63) is 94.2 Å². The van der Waals surface area contributed by atoms with Gasteiger partial charge in [-0.1, -0.05) is 12.1 Å². The molecule has 2 aliphatic heterocycles. The summed E-state index contributed by atoms with van der Waals surface area (Å²) in [6.45, 7) is 0. The van der Waals surface area contributed by atoms with Gasteiger partial charge >= 0.3 is 0 Å². The highest BCUT2D eigenvalue weighted by molar-refractivity contribution is 7.14. The van der Waals surface area contributed by atoms with Gasteiger partial charge in [0.2, 0.25) is 0 Å². The summed E-state index contributed by atoms with van der Waals surface area (Å²) in [7, 11) is 0. The Bertz CT molecular complexity index is 1620. The summed E-state index contributed by atoms with van der Waals surface area (Å²) in [5, 5.41) is 4.25. The van der Waals surface area contributed by atoms with Gasteiger partial charge in [-0.3, -0.25) is 0 Å². The summed E-state index contributed by atoms with van der Waals surface area (Å²) >= 11 is 3.50. The van der Waals surface area contributed by atoms with Crippen LogP contribution in [0.5, 0.6) is 0 Å². The number of aromatic nitrogens is 4. The van der Waals surface area contributed by atoms with Crippen LogP contribution in [0.25, 0.3) is 67.3 Å². The molecule has 0 saturated carbocycles. The van der Waals surface area contributed by atoms with Crippen LogP contribution in [-0.4, -0.2) is 19.9 Å². The Morgan fingerprint density at radius 1 is 0.529 bits per heavy atom. The SMILES string of the molecule is C1=Cc2cc3[nH]c(cc4nc(cc5ccc(cc1n2)[nH]5)C=C4)c(-c1cccs1)c3-c1cccs1. The zero-order valence-electron chi connectivity index (χ0n) is 17.9. The molecule has 0 spiro atoms. The number of fused-ring (bicyclic) bond motifs is 8. The predicted molar refractivity (Wildman–Crippen MR) is 145 cm³/mol. The van der Waals surface area contributed by atoms with E-state index in [2.05, 4.69) is 106 Å². The van der Waals surface area contributed by atoms with Crippen LogP contribution in [0.15, 0.2) is 71.4 Å². The highest BCUT2D eigenvalue weighted by Gasteiger charge is 2.17. The van der Waals surface area contributed by atoms with Crippen molar-refractivity contribution < 1.29 is 0 Å². The summed E-state index contributed by atoms with van der Waals surface area (Å²) in [6.07, 6.45) is 8.25. The van der Waals surface area contributed by atoms with Gasteiger partial charge in [0.05, 0.1) is 33.8 Å². The van der Waals surface area contributed by atoms with E-state index in [0.717, 1.165) is 44.8 Å². The number of nitrogens with zero attached hydrogens (tertiary/aromatic N) is 2. The summed E-state index contributed by atoms with van der Waals surface area (Å²) in [4.78, 5) is 19.3. The number of rotatable bonds is 2. The van der Waals surface area contributed by atoms with E-state index < -0.39 is 0 Å². The van der Waals surface area contributed by atoms with Crippen LogP contribution >= 0.6 is 22.7 Å². The molecule has 7 rings (SSSR count). The second-order valence-electron chi connectivity index (χ2n) is 8.19. The smallest absolute Gasteiger partial charge is 0.0658 e. The van der Waals surface area contributed by atoms with Crippen molar-refractivity contribution in [3.8, 4) is 20.9 Å². The van der Waals surface area contributed by atoms with Crippen molar-refractivity contribution in [3.63, 3.8) is 0 Å². The lowest BCUT2D eigenvalue weighted by Crippen LogP contribution is -1.77. The number of hydrogen-bond acceptors (Lipinski definition) is 4. The Morgan fingerprint density at radius 2 is 1.00 bits per heavy atom. The molecule has 5 aromatic heterocycles. The standard InChI is InChI=1S/C28H18N4S2/c1-3-25(33-11-1)27-23-15-21-9-7-19(30-21)13-17-5-6-18(29-17)14-20-8-10-22(31-20)16-24(32-23)28(27)26-4-2-12-34-26/h1-16,29,32H. The molecular formula is C28H18N4S2. The third-order valence-corrected chi connectivity index (χ3v) is 7.66. The van der Waals surface area contributed by atoms with Crippen LogP contribution in [0.3, 0.4) is 0 Å². The first kappa shape index (κ1) is 19.5. The van der Waals surface area contributed by atoms with E-state index in [0.29, 0.717) is 0 Å². The van der Waals surface area contributed by atoms with Gasteiger partial charge in [-0.15, -0.1) is 22.7 Å². The number of aromatic amines is 2. The zero-order valence-corrected chi connectivity index (χ0v) is 19.6. The van der Waals surface area contributed by atoms with Crippen LogP contribution in [0.2, 0.25) is 0 Å². The van der Waals surface area contributed by atoms with Crippen LogP contribution in [0, 0.1) is 0 Å². The fourth-order valence-electron chi connectivity index (χ4n) is 4.43. The number of H-pyrrole nitrogens is 2. The zero-order chi connectivity index (χ0) is 22.5. The number of nitrogens with one attached hydrogen (secondary N) is 2. The first-order valence-electron chi connectivity index (χ1n) is 11.0. The molecular weight excluding hydrogens is 456 g/mol. The van der Waals surface area contributed by atoms with E-state index in [1.807, 2.05) is 0 Å². The maximum absolute atomic E-state index is 4.86. The van der Waals surface area contributed by atoms with Crippen molar-refractivity contribution in [1.82, 2.24) is 19.9 Å². The molecule has 8 bridgehead atoms. The lowest BCUT2D eigenvalue weighted by atomic mass is 10.1. The molecule has 34 heavy (non-hydrogen) atoms. The molecule has 0 amide bonds. The normalized spacial score (nSPS) is 12.5. The summed E-state index contributed by atoms with van der Waals surface area (Å²) in [5.41, 5.74) is 10.2. The Balaban J connectivity index is 1.64. The average molecular weight is 475 g/mol. The molecule has 2 N–H and O–H groups in total. The van der Waals surface area contributed by atoms with E-state index in [4.69, 9.17) is 9.97 Å². The molecule has 6 heteroatoms. The van der Waals surface area contributed by atoms with E-state index in [1.54, 1.807) is 22.7 Å². The van der Waals surface area contributed by atoms with Gasteiger partial charge in [0.25, 0.3) is 0 Å². The van der Waals surface area contributed by atoms with Crippen molar-refractivity contribution in [2.45, 2.75) is 0 Å². The van der Waals surface area contributed by atoms with Gasteiger partial charge in [-0.05, 0) is 83.6 Å². The quantitative estimate of drug-likeness (QED) is 0.266. The summed E-state index contributed by atoms with van der Waals surface area (Å²) < 4.78 is 0. The molecule has 0 unspecified atom stereocenters. The molecule has 0 saturated heterocycles. The van der Waals surface area contributed by atoms with Crippen molar-refractivity contribution in [2.75, 3.05) is 0 Å². The van der Waals surface area contributed by atoms with E-state index in [-0.39, 0.29) is 0 Å². The first-order chi connectivity index (χ1) is 16.8. The number of hydrogen-bond donors (Lipinski definition) is 2. The molecule has 5 aromatic rings. The monoisotopic (exact) mass is 474 g/mol. The molecule has 0 radical (unpaired) electrons. The van der Waals surface area contributed by atoms with Gasteiger partial charge in [-0.25, -0.2) is 9.97 Å². The minimum absolute atomic E-state index is 0.925. The Labute approximate surface area is 203 Å². The highest BCUT2D eigenvalue weighted by atomic mass is 32.1. The topological polar surface area (TPSA) is 57.4 Å². The van der Waals surface area contributed by atoms with Gasteiger partial charge in [0, 0.05) is 31.9 Å². The highest BCUT2D eigenvalue weighted by Crippen LogP contribution is 2.43. The lowest BCUT2D eigenvalue weighted by molar-refractivity contribution is 1.31. The minimum atomic E-state index is 0.925. The fourth-order valence-corrected chi connectivity index (χ4v) is 6.01. The Kier molecular flexibility index (Phi) is 4.46. The van der Waals surface area contributed by atoms with Gasteiger partial charge in [0.1, 0.15) is 0 Å². The van der Waals surface area contributed by atoms with Crippen LogP contribution in [0.1, 0.15) is 22.8 Å². The first-order valence-corrected chi connectivity index (χ1v) is 12.7. The number of thiophene rings is 2. The third-order valence-electron chi connectivity index (χ3n) is 5.88. The van der Waals surface area contributed by atoms with E-state index in [9.17, 15) is 0 Å². The second-order valence-corrected chi connectivity index (χ2v) is 10.1. The van der Waals surface area contributed by atoms with Crippen molar-refractivity contribution in [2.24, 2.45) is 0 Å². The Hall–Kier alpha value is -4.00. The molecule has 0 aromatic carbocycles. The van der Waals surface area contributed by atoms with Gasteiger partial charge in [0.15, 0.2) is 0 Å². The van der Waals surface area contributed by atoms with E-state index in [1.165, 1.54) is 20.9 Å². The van der Waals surface area contributed by atoms with Gasteiger partial charge in [-0.2, -0.15) is 0 Å². The molecule has 0 fully saturated rings. The minimum Gasteiger partial charge on any atom is -0.355 e. The third kappa shape index (κ3) is 3.44. The molecule has 0 atom stereocenters. The van der Waals surface area contributed by atoms with Crippen molar-refractivity contribution in [1.29, 1.82) is 0 Å². The predicted octanol–water partition coefficient (Wildman–Crippen LogP) is 8.11. The lowest BCUT2D eigenvalue weighted by Gasteiger charge is -2.01. The maximum atomic E-state index is 4.86. The van der Waals surface area contributed by atoms with Crippen molar-refractivity contribution >= 4 is 69.0 Å². The second kappa shape index (κ2) is 7.80. The van der Waals surface area contributed by atoms with Gasteiger partial charge < -0.3 is 9.97 Å². The molecule has 2 aliphatic rings. The van der Waals surface area contributed by atoms with Crippen LogP contribution < -0.4 is 0 Å². The van der Waals surface area contributed by atoms with Crippen LogP contribution in [0.4, 0.5) is 0 Å². The molecule has 0 aliphatic carbocycles. The molecule has 7 heterocycles. The molecule has 162 valence electrons. The summed E-state index contributed by atoms with van der Waals surface area (Å²) in [6, 6.07) is 21.1. The molecule has 4 nitrogen and oxygen atoms in total.